The lowest BCUT2D eigenvalue weighted by Gasteiger charge is -2.18. The van der Waals surface area contributed by atoms with Gasteiger partial charge in [-0.1, -0.05) is 0 Å². The van der Waals surface area contributed by atoms with Gasteiger partial charge in [0.2, 0.25) is 0 Å². The van der Waals surface area contributed by atoms with E-state index in [9.17, 15) is 4.79 Å². The molecule has 1 aromatic carbocycles. The fourth-order valence-electron chi connectivity index (χ4n) is 2.51. The van der Waals surface area contributed by atoms with Gasteiger partial charge in [0, 0.05) is 31.6 Å². The molecule has 2 heterocycles. The molecule has 1 aliphatic rings. The number of rotatable bonds is 4. The van der Waals surface area contributed by atoms with Crippen LogP contribution in [0.25, 0.3) is 0 Å². The molecule has 1 aliphatic heterocycles. The summed E-state index contributed by atoms with van der Waals surface area (Å²) in [6.45, 7) is 1.91. The van der Waals surface area contributed by atoms with Crippen molar-refractivity contribution in [1.29, 1.82) is 0 Å². The molecule has 0 saturated carbocycles. The Morgan fingerprint density at radius 2 is 2.14 bits per heavy atom. The third-order valence-electron chi connectivity index (χ3n) is 3.71. The van der Waals surface area contributed by atoms with Gasteiger partial charge in [0.25, 0.3) is 5.91 Å². The average Bonchev–Trinajstić information content (AvgIpc) is 3.19. The van der Waals surface area contributed by atoms with E-state index in [1.807, 2.05) is 24.3 Å². The minimum atomic E-state index is -0.242. The number of amides is 1. The highest BCUT2D eigenvalue weighted by Gasteiger charge is 2.22. The van der Waals surface area contributed by atoms with E-state index in [1.54, 1.807) is 19.2 Å². The number of methoxy groups -OCH3 is 1. The van der Waals surface area contributed by atoms with E-state index in [1.165, 1.54) is 6.26 Å². The van der Waals surface area contributed by atoms with Crippen LogP contribution in [0.4, 0.5) is 11.4 Å². The molecule has 0 aliphatic carbocycles. The monoisotopic (exact) mass is 286 g/mol. The van der Waals surface area contributed by atoms with Gasteiger partial charge in [-0.3, -0.25) is 4.79 Å². The lowest BCUT2D eigenvalue weighted by Crippen LogP contribution is -2.22. The Kier molecular flexibility index (Phi) is 3.92. The highest BCUT2D eigenvalue weighted by atomic mass is 16.5. The van der Waals surface area contributed by atoms with E-state index in [4.69, 9.17) is 9.15 Å². The summed E-state index contributed by atoms with van der Waals surface area (Å²) >= 11 is 0. The van der Waals surface area contributed by atoms with Crippen molar-refractivity contribution in [3.05, 3.63) is 48.4 Å². The molecular formula is C16H18N2O3. The molecule has 0 radical (unpaired) electrons. The number of hydrogen-bond donors (Lipinski definition) is 1. The molecule has 1 atom stereocenters. The number of benzene rings is 1. The van der Waals surface area contributed by atoms with Crippen molar-refractivity contribution in [1.82, 2.24) is 0 Å². The van der Waals surface area contributed by atoms with Gasteiger partial charge in [0.1, 0.15) is 0 Å². The van der Waals surface area contributed by atoms with Crippen molar-refractivity contribution in [3.63, 3.8) is 0 Å². The maximum absolute atomic E-state index is 11.9. The van der Waals surface area contributed by atoms with Crippen LogP contribution in [0, 0.1) is 0 Å². The number of anilines is 2. The molecule has 0 unspecified atom stereocenters. The quantitative estimate of drug-likeness (QED) is 0.939. The maximum Gasteiger partial charge on any atom is 0.291 e. The third-order valence-corrected chi connectivity index (χ3v) is 3.71. The van der Waals surface area contributed by atoms with Crippen LogP contribution >= 0.6 is 0 Å². The maximum atomic E-state index is 11.9. The smallest absolute Gasteiger partial charge is 0.291 e. The summed E-state index contributed by atoms with van der Waals surface area (Å²) in [5.41, 5.74) is 1.90. The van der Waals surface area contributed by atoms with Crippen LogP contribution in [0.1, 0.15) is 17.0 Å². The van der Waals surface area contributed by atoms with Crippen LogP contribution in [0.15, 0.2) is 47.1 Å². The molecule has 5 nitrogen and oxygen atoms in total. The number of nitrogens with zero attached hydrogens (tertiary/aromatic N) is 1. The summed E-state index contributed by atoms with van der Waals surface area (Å²) in [7, 11) is 1.75. The summed E-state index contributed by atoms with van der Waals surface area (Å²) in [5, 5.41) is 2.81. The van der Waals surface area contributed by atoms with Crippen LogP contribution in [0.5, 0.6) is 0 Å². The Hall–Kier alpha value is -2.27. The first-order chi connectivity index (χ1) is 10.3. The molecule has 2 aromatic rings. The minimum absolute atomic E-state index is 0.242. The lowest BCUT2D eigenvalue weighted by molar-refractivity contribution is 0.0996. The molecule has 0 bridgehead atoms. The summed E-state index contributed by atoms with van der Waals surface area (Å²) in [5.74, 6) is 0.0647. The molecule has 0 spiro atoms. The predicted octanol–water partition coefficient (Wildman–Crippen LogP) is 2.76. The minimum Gasteiger partial charge on any atom is -0.459 e. The normalized spacial score (nSPS) is 18.0. The number of carbonyl (C=O) groups excluding carboxylic acids is 1. The number of furan rings is 1. The SMILES string of the molecule is CO[C@@H]1CCN(c2ccc(NC(=O)c3ccco3)cc2)C1. The molecule has 1 saturated heterocycles. The first-order valence-corrected chi connectivity index (χ1v) is 6.99. The van der Waals surface area contributed by atoms with Crippen LogP contribution in [-0.4, -0.2) is 32.2 Å². The molecule has 5 heteroatoms. The number of ether oxygens (including phenoxy) is 1. The van der Waals surface area contributed by atoms with Crippen LogP contribution in [0.2, 0.25) is 0 Å². The number of hydrogen-bond acceptors (Lipinski definition) is 4. The van der Waals surface area contributed by atoms with Crippen molar-refractivity contribution in [2.24, 2.45) is 0 Å². The van der Waals surface area contributed by atoms with E-state index in [-0.39, 0.29) is 5.91 Å². The predicted molar refractivity (Wildman–Crippen MR) is 80.7 cm³/mol. The Bertz CT molecular complexity index is 592. The molecule has 21 heavy (non-hydrogen) atoms. The van der Waals surface area contributed by atoms with Crippen LogP contribution in [-0.2, 0) is 4.74 Å². The van der Waals surface area contributed by atoms with Crippen molar-refractivity contribution < 1.29 is 13.9 Å². The molecular weight excluding hydrogens is 268 g/mol. The molecule has 1 amide bonds. The van der Waals surface area contributed by atoms with Crippen LogP contribution < -0.4 is 10.2 Å². The van der Waals surface area contributed by atoms with E-state index in [0.29, 0.717) is 11.9 Å². The van der Waals surface area contributed by atoms with Gasteiger partial charge in [0.05, 0.1) is 12.4 Å². The zero-order valence-electron chi connectivity index (χ0n) is 11.9. The van der Waals surface area contributed by atoms with Gasteiger partial charge >= 0.3 is 0 Å². The zero-order chi connectivity index (χ0) is 14.7. The lowest BCUT2D eigenvalue weighted by atomic mass is 10.2. The van der Waals surface area contributed by atoms with Crippen molar-refractivity contribution in [2.45, 2.75) is 12.5 Å². The second kappa shape index (κ2) is 6.01. The van der Waals surface area contributed by atoms with E-state index in [2.05, 4.69) is 10.2 Å². The molecule has 1 fully saturated rings. The summed E-state index contributed by atoms with van der Waals surface area (Å²) in [4.78, 5) is 14.2. The Balaban J connectivity index is 1.63. The Labute approximate surface area is 123 Å². The van der Waals surface area contributed by atoms with Gasteiger partial charge in [-0.2, -0.15) is 0 Å². The fraction of sp³-hybridized carbons (Fsp3) is 0.312. The van der Waals surface area contributed by atoms with Gasteiger partial charge < -0.3 is 19.4 Å². The van der Waals surface area contributed by atoms with Crippen molar-refractivity contribution in [2.75, 3.05) is 30.4 Å². The highest BCUT2D eigenvalue weighted by Crippen LogP contribution is 2.23. The molecule has 1 aromatic heterocycles. The van der Waals surface area contributed by atoms with E-state index >= 15 is 0 Å². The van der Waals surface area contributed by atoms with Gasteiger partial charge in [-0.25, -0.2) is 0 Å². The number of nitrogens with one attached hydrogen (secondary N) is 1. The average molecular weight is 286 g/mol. The highest BCUT2D eigenvalue weighted by molar-refractivity contribution is 6.02. The topological polar surface area (TPSA) is 54.7 Å². The van der Waals surface area contributed by atoms with Gasteiger partial charge in [-0.05, 0) is 42.8 Å². The van der Waals surface area contributed by atoms with Crippen molar-refractivity contribution >= 4 is 17.3 Å². The van der Waals surface area contributed by atoms with Gasteiger partial charge in [-0.15, -0.1) is 0 Å². The number of carbonyl (C=O) groups is 1. The third kappa shape index (κ3) is 3.08. The Morgan fingerprint density at radius 1 is 1.33 bits per heavy atom. The first-order valence-electron chi connectivity index (χ1n) is 6.99. The second-order valence-electron chi connectivity index (χ2n) is 5.07. The fourth-order valence-corrected chi connectivity index (χ4v) is 2.51. The van der Waals surface area contributed by atoms with Crippen molar-refractivity contribution in [3.8, 4) is 0 Å². The standard InChI is InChI=1S/C16H18N2O3/c1-20-14-8-9-18(11-14)13-6-4-12(5-7-13)17-16(19)15-3-2-10-21-15/h2-7,10,14H,8-9,11H2,1H3,(H,17,19)/t14-/m1/s1. The van der Waals surface area contributed by atoms with Crippen LogP contribution in [0.3, 0.4) is 0 Å². The molecule has 110 valence electrons. The largest absolute Gasteiger partial charge is 0.459 e. The Morgan fingerprint density at radius 3 is 2.76 bits per heavy atom. The van der Waals surface area contributed by atoms with Gasteiger partial charge in [0.15, 0.2) is 5.76 Å². The zero-order valence-corrected chi connectivity index (χ0v) is 11.9. The summed E-state index contributed by atoms with van der Waals surface area (Å²) in [6.07, 6.45) is 2.84. The second-order valence-corrected chi connectivity index (χ2v) is 5.07. The van der Waals surface area contributed by atoms with E-state index in [0.717, 1.165) is 30.9 Å². The summed E-state index contributed by atoms with van der Waals surface area (Å²) < 4.78 is 10.4. The molecule has 1 N–H and O–H groups in total. The van der Waals surface area contributed by atoms with E-state index < -0.39 is 0 Å². The summed E-state index contributed by atoms with van der Waals surface area (Å²) in [6, 6.07) is 11.1. The molecule has 3 rings (SSSR count). The first kappa shape index (κ1) is 13.7.